The van der Waals surface area contributed by atoms with Gasteiger partial charge in [-0.15, -0.1) is 0 Å². The lowest BCUT2D eigenvalue weighted by Crippen LogP contribution is -2.35. The van der Waals surface area contributed by atoms with E-state index in [4.69, 9.17) is 0 Å². The van der Waals surface area contributed by atoms with Gasteiger partial charge in [-0.2, -0.15) is 0 Å². The Morgan fingerprint density at radius 1 is 0.714 bits per heavy atom. The fourth-order valence-corrected chi connectivity index (χ4v) is 5.26. The summed E-state index contributed by atoms with van der Waals surface area (Å²) in [5, 5.41) is 0. The lowest BCUT2D eigenvalue weighted by molar-refractivity contribution is -0.124. The molecule has 0 bridgehead atoms. The molecule has 2 nitrogen and oxygen atoms in total. The third-order valence-electron chi connectivity index (χ3n) is 7.66. The quantitative estimate of drug-likeness (QED) is 0.472. The molecule has 0 aromatic heterocycles. The van der Waals surface area contributed by atoms with E-state index in [9.17, 15) is 9.59 Å². The van der Waals surface area contributed by atoms with Crippen LogP contribution in [0.15, 0.2) is 23.3 Å². The smallest absolute Gasteiger partial charge is 0.159 e. The molecule has 4 atom stereocenters. The van der Waals surface area contributed by atoms with E-state index in [0.29, 0.717) is 11.6 Å². The molecule has 2 aliphatic carbocycles. The van der Waals surface area contributed by atoms with Crippen molar-refractivity contribution in [1.29, 1.82) is 0 Å². The summed E-state index contributed by atoms with van der Waals surface area (Å²) < 4.78 is 0. The first-order valence-corrected chi connectivity index (χ1v) is 11.6. The minimum atomic E-state index is 0.214. The van der Waals surface area contributed by atoms with E-state index in [1.54, 1.807) is 0 Å². The summed E-state index contributed by atoms with van der Waals surface area (Å²) in [5.41, 5.74) is 3.10. The van der Waals surface area contributed by atoms with Gasteiger partial charge in [0, 0.05) is 11.8 Å². The number of hydrogen-bond acceptors (Lipinski definition) is 2. The zero-order chi connectivity index (χ0) is 21.5. The van der Waals surface area contributed by atoms with Crippen LogP contribution in [0.25, 0.3) is 0 Å². The van der Waals surface area contributed by atoms with Gasteiger partial charge in [0.25, 0.3) is 0 Å². The first-order valence-electron chi connectivity index (χ1n) is 11.6. The molecule has 0 radical (unpaired) electrons. The average Bonchev–Trinajstić information content (AvgIpc) is 2.67. The summed E-state index contributed by atoms with van der Waals surface area (Å²) in [7, 11) is 0. The molecule has 2 rings (SSSR count). The van der Waals surface area contributed by atoms with Crippen molar-refractivity contribution >= 4 is 11.6 Å². The number of hydrogen-bond donors (Lipinski definition) is 0. The number of allylic oxidation sites excluding steroid dienone is 4. The highest BCUT2D eigenvalue weighted by Crippen LogP contribution is 2.44. The molecule has 160 valence electrons. The molecule has 0 aliphatic heterocycles. The Hall–Kier alpha value is -1.18. The van der Waals surface area contributed by atoms with E-state index in [2.05, 4.69) is 55.4 Å². The van der Waals surface area contributed by atoms with Crippen LogP contribution in [0, 0.1) is 22.7 Å². The third-order valence-corrected chi connectivity index (χ3v) is 7.66. The Morgan fingerprint density at radius 3 is 1.25 bits per heavy atom. The fraction of sp³-hybridized carbons (Fsp3) is 0.769. The van der Waals surface area contributed by atoms with Crippen LogP contribution in [0.3, 0.4) is 0 Å². The van der Waals surface area contributed by atoms with Gasteiger partial charge in [-0.3, -0.25) is 9.59 Å². The first-order chi connectivity index (χ1) is 13.1. The van der Waals surface area contributed by atoms with Crippen molar-refractivity contribution in [2.75, 3.05) is 0 Å². The van der Waals surface area contributed by atoms with Crippen LogP contribution in [0.5, 0.6) is 0 Å². The van der Waals surface area contributed by atoms with E-state index in [-0.39, 0.29) is 22.7 Å². The molecule has 0 amide bonds. The van der Waals surface area contributed by atoms with E-state index in [1.807, 2.05) is 12.2 Å². The number of ketones is 2. The zero-order valence-electron chi connectivity index (χ0n) is 19.8. The van der Waals surface area contributed by atoms with Gasteiger partial charge in [-0.1, -0.05) is 66.5 Å². The van der Waals surface area contributed by atoms with Crippen molar-refractivity contribution in [1.82, 2.24) is 0 Å². The maximum Gasteiger partial charge on any atom is 0.159 e. The summed E-state index contributed by atoms with van der Waals surface area (Å²) in [5.74, 6) is 1.23. The van der Waals surface area contributed by atoms with Crippen molar-refractivity contribution in [2.45, 2.75) is 107 Å². The highest BCUT2D eigenvalue weighted by molar-refractivity contribution is 5.94. The van der Waals surface area contributed by atoms with Gasteiger partial charge in [-0.25, -0.2) is 0 Å². The van der Waals surface area contributed by atoms with Crippen LogP contribution in [0.4, 0.5) is 0 Å². The summed E-state index contributed by atoms with van der Waals surface area (Å²) in [6, 6.07) is 0. The van der Waals surface area contributed by atoms with Gasteiger partial charge in [-0.05, 0) is 74.3 Å². The largest absolute Gasteiger partial charge is 0.295 e. The van der Waals surface area contributed by atoms with Gasteiger partial charge in [0.15, 0.2) is 11.6 Å². The SMILES string of the molecule is CCC1=CC(=O)C(CC)[C@@](C)(CC)C1.CCC1=CC(=O)C(CC)[C@](C)(CC)C1. The normalized spacial score (nSPS) is 33.0. The molecule has 2 heteroatoms. The molecule has 2 aliphatic rings. The summed E-state index contributed by atoms with van der Waals surface area (Å²) in [6.45, 7) is 17.5. The van der Waals surface area contributed by atoms with Crippen molar-refractivity contribution in [3.8, 4) is 0 Å². The van der Waals surface area contributed by atoms with Crippen molar-refractivity contribution in [3.05, 3.63) is 23.3 Å². The van der Waals surface area contributed by atoms with E-state index < -0.39 is 0 Å². The van der Waals surface area contributed by atoms with Gasteiger partial charge in [0.1, 0.15) is 0 Å². The Balaban J connectivity index is 0.000000280. The summed E-state index contributed by atoms with van der Waals surface area (Å²) in [4.78, 5) is 23.8. The monoisotopic (exact) mass is 388 g/mol. The van der Waals surface area contributed by atoms with Crippen LogP contribution < -0.4 is 0 Å². The lowest BCUT2D eigenvalue weighted by Gasteiger charge is -2.39. The number of rotatable bonds is 6. The zero-order valence-corrected chi connectivity index (χ0v) is 19.8. The molecule has 0 saturated carbocycles. The molecule has 0 N–H and O–H groups in total. The van der Waals surface area contributed by atoms with Crippen LogP contribution in [0.1, 0.15) is 107 Å². The minimum absolute atomic E-state index is 0.214. The van der Waals surface area contributed by atoms with Crippen molar-refractivity contribution in [2.24, 2.45) is 22.7 Å². The molecule has 0 saturated heterocycles. The third kappa shape index (κ3) is 5.45. The lowest BCUT2D eigenvalue weighted by atomic mass is 9.64. The molecule has 0 fully saturated rings. The van der Waals surface area contributed by atoms with Crippen molar-refractivity contribution < 1.29 is 9.59 Å². The van der Waals surface area contributed by atoms with E-state index in [1.165, 1.54) is 11.1 Å². The molecule has 0 aromatic rings. The van der Waals surface area contributed by atoms with Crippen LogP contribution in [-0.4, -0.2) is 11.6 Å². The number of carbonyl (C=O) groups excluding carboxylic acids is 2. The molecular formula is C26H44O2. The van der Waals surface area contributed by atoms with Crippen LogP contribution >= 0.6 is 0 Å². The molecular weight excluding hydrogens is 344 g/mol. The second-order valence-electron chi connectivity index (χ2n) is 9.41. The van der Waals surface area contributed by atoms with Gasteiger partial charge >= 0.3 is 0 Å². The molecule has 28 heavy (non-hydrogen) atoms. The van der Waals surface area contributed by atoms with Gasteiger partial charge < -0.3 is 0 Å². The fourth-order valence-electron chi connectivity index (χ4n) is 5.26. The topological polar surface area (TPSA) is 34.1 Å². The predicted octanol–water partition coefficient (Wildman–Crippen LogP) is 7.48. The first kappa shape index (κ1) is 24.9. The van der Waals surface area contributed by atoms with E-state index in [0.717, 1.165) is 51.4 Å². The highest BCUT2D eigenvalue weighted by atomic mass is 16.1. The highest BCUT2D eigenvalue weighted by Gasteiger charge is 2.39. The van der Waals surface area contributed by atoms with Crippen LogP contribution in [-0.2, 0) is 9.59 Å². The Bertz CT molecular complexity index is 558. The van der Waals surface area contributed by atoms with Crippen molar-refractivity contribution in [3.63, 3.8) is 0 Å². The Morgan fingerprint density at radius 2 is 1.04 bits per heavy atom. The number of carbonyl (C=O) groups is 2. The predicted molar refractivity (Wildman–Crippen MR) is 120 cm³/mol. The second-order valence-corrected chi connectivity index (χ2v) is 9.41. The second kappa shape index (κ2) is 10.6. The summed E-state index contributed by atoms with van der Waals surface area (Å²) in [6.07, 6.45) is 12.2. The Kier molecular flexibility index (Phi) is 9.37. The van der Waals surface area contributed by atoms with Crippen LogP contribution in [0.2, 0.25) is 0 Å². The maximum atomic E-state index is 11.9. The molecule has 0 aromatic carbocycles. The maximum absolute atomic E-state index is 11.9. The Labute approximate surface area is 174 Å². The van der Waals surface area contributed by atoms with Gasteiger partial charge in [0.2, 0.25) is 0 Å². The summed E-state index contributed by atoms with van der Waals surface area (Å²) >= 11 is 0. The molecule has 0 spiro atoms. The average molecular weight is 389 g/mol. The minimum Gasteiger partial charge on any atom is -0.295 e. The van der Waals surface area contributed by atoms with E-state index >= 15 is 0 Å². The standard InChI is InChI=1S/2C13H22O/c2*1-5-10-8-12(14)11(6-2)13(4,7-3)9-10/h2*8,11H,5-7,9H2,1-4H3/t2*11?,13-/m10/s1. The molecule has 2 unspecified atom stereocenters. The van der Waals surface area contributed by atoms with Gasteiger partial charge in [0.05, 0.1) is 0 Å². The molecule has 0 heterocycles.